The normalized spacial score (nSPS) is 18.7. The Kier molecular flexibility index (Phi) is 3.90. The Labute approximate surface area is 119 Å². The van der Waals surface area contributed by atoms with Crippen LogP contribution in [-0.4, -0.2) is 19.1 Å². The molecule has 2 amide bonds. The van der Waals surface area contributed by atoms with E-state index >= 15 is 0 Å². The van der Waals surface area contributed by atoms with Crippen molar-refractivity contribution in [3.05, 3.63) is 45.6 Å². The Balaban J connectivity index is 2.46. The van der Waals surface area contributed by atoms with Gasteiger partial charge in [-0.3, -0.25) is 0 Å². The van der Waals surface area contributed by atoms with E-state index in [-0.39, 0.29) is 6.03 Å². The summed E-state index contributed by atoms with van der Waals surface area (Å²) in [6.45, 7) is 1.68. The van der Waals surface area contributed by atoms with Crippen LogP contribution in [0.3, 0.4) is 0 Å². The minimum atomic E-state index is -0.505. The van der Waals surface area contributed by atoms with Crippen LogP contribution in [0.25, 0.3) is 0 Å². The lowest BCUT2D eigenvalue weighted by molar-refractivity contribution is -0.136. The van der Waals surface area contributed by atoms with E-state index in [4.69, 9.17) is 4.74 Å². The number of carbonyl (C=O) groups is 2. The molecule has 0 aromatic heterocycles. The molecule has 2 N–H and O–H groups in total. The fourth-order valence-corrected chi connectivity index (χ4v) is 2.24. The van der Waals surface area contributed by atoms with Gasteiger partial charge in [0, 0.05) is 10.2 Å². The highest BCUT2D eigenvalue weighted by Crippen LogP contribution is 2.28. The lowest BCUT2D eigenvalue weighted by Crippen LogP contribution is -2.45. The maximum atomic E-state index is 11.9. The van der Waals surface area contributed by atoms with Crippen LogP contribution in [0.2, 0.25) is 0 Å². The molecule has 0 saturated carbocycles. The molecule has 1 atom stereocenters. The highest BCUT2D eigenvalue weighted by Gasteiger charge is 2.31. The molecular weight excluding hydrogens is 312 g/mol. The van der Waals surface area contributed by atoms with Crippen LogP contribution in [0, 0.1) is 0 Å². The number of hydrogen-bond donors (Lipinski definition) is 2. The number of allylic oxidation sites excluding steroid dienone is 1. The molecule has 100 valence electrons. The fraction of sp³-hybridized carbons (Fsp3) is 0.231. The summed E-state index contributed by atoms with van der Waals surface area (Å²) in [6.07, 6.45) is 0. The Morgan fingerprint density at radius 2 is 1.95 bits per heavy atom. The average molecular weight is 325 g/mol. The van der Waals surface area contributed by atoms with Gasteiger partial charge >= 0.3 is 12.0 Å². The van der Waals surface area contributed by atoms with Crippen molar-refractivity contribution >= 4 is 27.9 Å². The van der Waals surface area contributed by atoms with Crippen molar-refractivity contribution in [3.63, 3.8) is 0 Å². The maximum absolute atomic E-state index is 11.9. The molecule has 0 unspecified atom stereocenters. The van der Waals surface area contributed by atoms with Crippen LogP contribution in [0.4, 0.5) is 4.79 Å². The molecule has 1 aromatic carbocycles. The Morgan fingerprint density at radius 1 is 1.32 bits per heavy atom. The summed E-state index contributed by atoms with van der Waals surface area (Å²) >= 11 is 3.35. The number of nitrogens with one attached hydrogen (secondary N) is 2. The third-order valence-electron chi connectivity index (χ3n) is 2.88. The number of hydrogen-bond acceptors (Lipinski definition) is 3. The zero-order chi connectivity index (χ0) is 14.0. The van der Waals surface area contributed by atoms with Crippen LogP contribution in [0.15, 0.2) is 40.0 Å². The summed E-state index contributed by atoms with van der Waals surface area (Å²) in [5.41, 5.74) is 1.73. The van der Waals surface area contributed by atoms with Crippen LogP contribution in [0.1, 0.15) is 18.5 Å². The molecule has 0 aliphatic carbocycles. The number of methoxy groups -OCH3 is 1. The standard InChI is InChI=1S/C13H13BrN2O3/c1-7-10(12(17)19-2)11(16-13(18)15-7)8-3-5-9(14)6-4-8/h3-6,11H,1-2H3,(H2,15,16,18)/t11-/m0/s1. The van der Waals surface area contributed by atoms with Crippen LogP contribution in [0.5, 0.6) is 0 Å². The highest BCUT2D eigenvalue weighted by atomic mass is 79.9. The van der Waals surface area contributed by atoms with E-state index in [1.807, 2.05) is 24.3 Å². The van der Waals surface area contributed by atoms with Crippen molar-refractivity contribution in [2.24, 2.45) is 0 Å². The number of carbonyl (C=O) groups excluding carboxylic acids is 2. The quantitative estimate of drug-likeness (QED) is 0.820. The van der Waals surface area contributed by atoms with Gasteiger partial charge in [0.15, 0.2) is 0 Å². The minimum Gasteiger partial charge on any atom is -0.466 e. The Morgan fingerprint density at radius 3 is 2.53 bits per heavy atom. The lowest BCUT2D eigenvalue weighted by atomic mass is 9.96. The summed E-state index contributed by atoms with van der Waals surface area (Å²) in [6, 6.07) is 6.56. The highest BCUT2D eigenvalue weighted by molar-refractivity contribution is 9.10. The largest absolute Gasteiger partial charge is 0.466 e. The zero-order valence-corrected chi connectivity index (χ0v) is 12.1. The molecule has 6 heteroatoms. The van der Waals surface area contributed by atoms with E-state index < -0.39 is 12.0 Å². The number of esters is 1. The van der Waals surface area contributed by atoms with E-state index in [2.05, 4.69) is 26.6 Å². The summed E-state index contributed by atoms with van der Waals surface area (Å²) in [4.78, 5) is 23.4. The summed E-state index contributed by atoms with van der Waals surface area (Å²) in [7, 11) is 1.32. The van der Waals surface area contributed by atoms with Crippen molar-refractivity contribution in [1.82, 2.24) is 10.6 Å². The van der Waals surface area contributed by atoms with E-state index in [0.29, 0.717) is 11.3 Å². The summed E-state index contributed by atoms with van der Waals surface area (Å²) in [5, 5.41) is 5.30. The Hall–Kier alpha value is -1.82. The molecule has 0 saturated heterocycles. The number of benzene rings is 1. The molecule has 19 heavy (non-hydrogen) atoms. The van der Waals surface area contributed by atoms with Gasteiger partial charge in [-0.15, -0.1) is 0 Å². The third-order valence-corrected chi connectivity index (χ3v) is 3.41. The van der Waals surface area contributed by atoms with Crippen LogP contribution >= 0.6 is 15.9 Å². The third kappa shape index (κ3) is 2.78. The van der Waals surface area contributed by atoms with E-state index in [1.54, 1.807) is 6.92 Å². The minimum absolute atomic E-state index is 0.335. The topological polar surface area (TPSA) is 67.4 Å². The second kappa shape index (κ2) is 5.44. The molecule has 0 fully saturated rings. The molecule has 1 aliphatic heterocycles. The van der Waals surface area contributed by atoms with Crippen LogP contribution < -0.4 is 10.6 Å². The molecule has 0 radical (unpaired) electrons. The van der Waals surface area contributed by atoms with Crippen molar-refractivity contribution in [2.75, 3.05) is 7.11 Å². The predicted octanol–water partition coefficient (Wildman–Crippen LogP) is 2.25. The van der Waals surface area contributed by atoms with E-state index in [9.17, 15) is 9.59 Å². The summed E-state index contributed by atoms with van der Waals surface area (Å²) < 4.78 is 5.70. The average Bonchev–Trinajstić information content (AvgIpc) is 2.38. The second-order valence-corrected chi connectivity index (χ2v) is 5.03. The number of urea groups is 1. The predicted molar refractivity (Wildman–Crippen MR) is 73.3 cm³/mol. The van der Waals surface area contributed by atoms with Crippen molar-refractivity contribution in [1.29, 1.82) is 0 Å². The second-order valence-electron chi connectivity index (χ2n) is 4.11. The molecule has 1 aliphatic rings. The van der Waals surface area contributed by atoms with Crippen molar-refractivity contribution in [2.45, 2.75) is 13.0 Å². The van der Waals surface area contributed by atoms with Gasteiger partial charge < -0.3 is 15.4 Å². The molecule has 1 heterocycles. The Bertz CT molecular complexity index is 552. The van der Waals surface area contributed by atoms with Gasteiger partial charge in [0.05, 0.1) is 18.7 Å². The number of ether oxygens (including phenoxy) is 1. The maximum Gasteiger partial charge on any atom is 0.337 e. The van der Waals surface area contributed by atoms with Gasteiger partial charge in [-0.25, -0.2) is 9.59 Å². The van der Waals surface area contributed by atoms with Crippen LogP contribution in [-0.2, 0) is 9.53 Å². The first-order chi connectivity index (χ1) is 9.02. The smallest absolute Gasteiger partial charge is 0.337 e. The van der Waals surface area contributed by atoms with Gasteiger partial charge in [0.1, 0.15) is 0 Å². The first-order valence-electron chi connectivity index (χ1n) is 5.65. The van der Waals surface area contributed by atoms with Gasteiger partial charge in [-0.05, 0) is 24.6 Å². The zero-order valence-electron chi connectivity index (χ0n) is 10.5. The van der Waals surface area contributed by atoms with Crippen molar-refractivity contribution in [3.8, 4) is 0 Å². The SMILES string of the molecule is COC(=O)C1=C(C)NC(=O)N[C@H]1c1ccc(Br)cc1. The molecular formula is C13H13BrN2O3. The van der Waals surface area contributed by atoms with Gasteiger partial charge in [0.25, 0.3) is 0 Å². The molecule has 5 nitrogen and oxygen atoms in total. The van der Waals surface area contributed by atoms with Gasteiger partial charge in [-0.2, -0.15) is 0 Å². The molecule has 1 aromatic rings. The monoisotopic (exact) mass is 324 g/mol. The molecule has 0 bridgehead atoms. The number of amides is 2. The summed E-state index contributed by atoms with van der Waals surface area (Å²) in [5.74, 6) is -0.460. The first kappa shape index (κ1) is 13.6. The fourth-order valence-electron chi connectivity index (χ4n) is 1.98. The van der Waals surface area contributed by atoms with Gasteiger partial charge in [0.2, 0.25) is 0 Å². The lowest BCUT2D eigenvalue weighted by Gasteiger charge is -2.27. The number of rotatable bonds is 2. The molecule has 2 rings (SSSR count). The van der Waals surface area contributed by atoms with Gasteiger partial charge in [-0.1, -0.05) is 28.1 Å². The number of halogens is 1. The van der Waals surface area contributed by atoms with Crippen molar-refractivity contribution < 1.29 is 14.3 Å². The molecule has 0 spiro atoms. The first-order valence-corrected chi connectivity index (χ1v) is 6.44. The van der Waals surface area contributed by atoms with E-state index in [0.717, 1.165) is 10.0 Å². The van der Waals surface area contributed by atoms with E-state index in [1.165, 1.54) is 7.11 Å².